The van der Waals surface area contributed by atoms with Gasteiger partial charge in [-0.15, -0.1) is 0 Å². The zero-order chi connectivity index (χ0) is 16.4. The molecule has 1 N–H and O–H groups in total. The Balaban J connectivity index is 1.43. The third-order valence-electron chi connectivity index (χ3n) is 4.72. The highest BCUT2D eigenvalue weighted by Crippen LogP contribution is 2.19. The first-order valence-electron chi connectivity index (χ1n) is 8.61. The molecule has 0 bridgehead atoms. The topological polar surface area (TPSA) is 46.1 Å². The third-order valence-corrected chi connectivity index (χ3v) is 4.72. The van der Waals surface area contributed by atoms with Crippen molar-refractivity contribution < 1.29 is 4.74 Å². The van der Waals surface area contributed by atoms with Gasteiger partial charge < -0.3 is 9.72 Å². The molecular weight excluding hydrogens is 300 g/mol. The normalized spacial score (nSPS) is 19.6. The molecule has 3 aromatic rings. The number of fused-ring (bicyclic) bond motifs is 1. The smallest absolute Gasteiger partial charge is 0.0764 e. The van der Waals surface area contributed by atoms with E-state index < -0.39 is 0 Å². The minimum absolute atomic E-state index is 0.521. The average Bonchev–Trinajstić information content (AvgIpc) is 3.13. The number of aromatic amines is 1. The van der Waals surface area contributed by atoms with Gasteiger partial charge in [-0.3, -0.25) is 9.58 Å². The van der Waals surface area contributed by atoms with E-state index in [4.69, 9.17) is 4.74 Å². The lowest BCUT2D eigenvalue weighted by Crippen LogP contribution is -2.30. The number of ether oxygens (including phenoxy) is 1. The number of rotatable bonds is 4. The van der Waals surface area contributed by atoms with Crippen LogP contribution in [0.3, 0.4) is 0 Å². The Morgan fingerprint density at radius 1 is 1.29 bits per heavy atom. The number of nitrogens with zero attached hydrogens (tertiary/aromatic N) is 3. The van der Waals surface area contributed by atoms with Crippen molar-refractivity contribution in [1.82, 2.24) is 19.7 Å². The molecular formula is C19H24N4O. The van der Waals surface area contributed by atoms with Crippen LogP contribution in [-0.2, 0) is 24.8 Å². The predicted octanol–water partition coefficient (Wildman–Crippen LogP) is 2.59. The van der Waals surface area contributed by atoms with Crippen molar-refractivity contribution >= 4 is 10.9 Å². The fourth-order valence-corrected chi connectivity index (χ4v) is 3.56. The molecule has 0 radical (unpaired) electrons. The van der Waals surface area contributed by atoms with E-state index in [-0.39, 0.29) is 0 Å². The van der Waals surface area contributed by atoms with Crippen LogP contribution in [0.4, 0.5) is 0 Å². The third kappa shape index (κ3) is 3.52. The minimum Gasteiger partial charge on any atom is -0.380 e. The fraction of sp³-hybridized carbons (Fsp3) is 0.421. The molecule has 1 fully saturated rings. The summed E-state index contributed by atoms with van der Waals surface area (Å²) in [7, 11) is 1.97. The summed E-state index contributed by atoms with van der Waals surface area (Å²) in [6.45, 7) is 4.58. The second kappa shape index (κ2) is 6.79. The Labute approximate surface area is 142 Å². The van der Waals surface area contributed by atoms with Gasteiger partial charge in [0.15, 0.2) is 0 Å². The highest BCUT2D eigenvalue weighted by atomic mass is 16.5. The number of benzene rings is 1. The standard InChI is InChI=1S/C19H24N4O/c1-22-7-5-18(21-22)13-23-8-9-24-14-16(12-23)10-15-2-3-19-17(11-15)4-6-20-19/h2-7,11,16,20H,8-10,12-14H2,1H3/t16-/m0/s1. The van der Waals surface area contributed by atoms with Crippen molar-refractivity contribution in [1.29, 1.82) is 0 Å². The van der Waals surface area contributed by atoms with E-state index in [9.17, 15) is 0 Å². The van der Waals surface area contributed by atoms with Gasteiger partial charge in [0.25, 0.3) is 0 Å². The van der Waals surface area contributed by atoms with Gasteiger partial charge in [-0.1, -0.05) is 6.07 Å². The quantitative estimate of drug-likeness (QED) is 0.802. The van der Waals surface area contributed by atoms with Crippen molar-refractivity contribution in [3.8, 4) is 0 Å². The van der Waals surface area contributed by atoms with Crippen LogP contribution in [0.15, 0.2) is 42.7 Å². The first-order valence-corrected chi connectivity index (χ1v) is 8.61. The van der Waals surface area contributed by atoms with Crippen LogP contribution in [0.2, 0.25) is 0 Å². The maximum atomic E-state index is 5.85. The molecule has 126 valence electrons. The lowest BCUT2D eigenvalue weighted by atomic mass is 9.98. The molecule has 5 nitrogen and oxygen atoms in total. The molecule has 4 rings (SSSR count). The number of H-pyrrole nitrogens is 1. The van der Waals surface area contributed by atoms with Gasteiger partial charge >= 0.3 is 0 Å². The molecule has 0 aliphatic carbocycles. The molecule has 1 aromatic carbocycles. The molecule has 1 aliphatic heterocycles. The Kier molecular flexibility index (Phi) is 4.36. The fourth-order valence-electron chi connectivity index (χ4n) is 3.56. The molecule has 2 aromatic heterocycles. The number of aryl methyl sites for hydroxylation is 1. The number of nitrogens with one attached hydrogen (secondary N) is 1. The summed E-state index contributed by atoms with van der Waals surface area (Å²) < 4.78 is 7.72. The van der Waals surface area contributed by atoms with E-state index in [1.54, 1.807) is 0 Å². The van der Waals surface area contributed by atoms with Gasteiger partial charge in [0, 0.05) is 44.6 Å². The highest BCUT2D eigenvalue weighted by molar-refractivity contribution is 5.79. The van der Waals surface area contributed by atoms with E-state index in [0.717, 1.165) is 45.0 Å². The first-order chi connectivity index (χ1) is 11.8. The summed E-state index contributed by atoms with van der Waals surface area (Å²) in [5.74, 6) is 0.521. The molecule has 1 aliphatic rings. The molecule has 3 heterocycles. The van der Waals surface area contributed by atoms with E-state index >= 15 is 0 Å². The lowest BCUT2D eigenvalue weighted by Gasteiger charge is -2.22. The summed E-state index contributed by atoms with van der Waals surface area (Å²) in [5.41, 5.74) is 3.72. The molecule has 1 saturated heterocycles. The molecule has 1 atom stereocenters. The summed E-state index contributed by atoms with van der Waals surface area (Å²) in [6, 6.07) is 10.9. The van der Waals surface area contributed by atoms with Crippen LogP contribution in [-0.4, -0.2) is 46.0 Å². The zero-order valence-corrected chi connectivity index (χ0v) is 14.1. The zero-order valence-electron chi connectivity index (χ0n) is 14.1. The number of hydrogen-bond acceptors (Lipinski definition) is 3. The Hall–Kier alpha value is -2.11. The van der Waals surface area contributed by atoms with E-state index in [0.29, 0.717) is 5.92 Å². The summed E-state index contributed by atoms with van der Waals surface area (Å²) in [4.78, 5) is 5.72. The van der Waals surface area contributed by atoms with Crippen molar-refractivity contribution in [2.75, 3.05) is 26.3 Å². The predicted molar refractivity (Wildman–Crippen MR) is 94.8 cm³/mol. The van der Waals surface area contributed by atoms with Gasteiger partial charge in [-0.05, 0) is 47.6 Å². The molecule has 5 heteroatoms. The average molecular weight is 324 g/mol. The number of hydrogen-bond donors (Lipinski definition) is 1. The van der Waals surface area contributed by atoms with Crippen LogP contribution in [0.25, 0.3) is 10.9 Å². The van der Waals surface area contributed by atoms with Crippen LogP contribution in [0.5, 0.6) is 0 Å². The largest absolute Gasteiger partial charge is 0.380 e. The molecule has 0 saturated carbocycles. The van der Waals surface area contributed by atoms with Crippen LogP contribution < -0.4 is 0 Å². The van der Waals surface area contributed by atoms with Crippen molar-refractivity contribution in [3.05, 3.63) is 54.0 Å². The minimum atomic E-state index is 0.521. The number of aromatic nitrogens is 3. The summed E-state index contributed by atoms with van der Waals surface area (Å²) >= 11 is 0. The van der Waals surface area contributed by atoms with Crippen molar-refractivity contribution in [2.45, 2.75) is 13.0 Å². The SMILES string of the molecule is Cn1ccc(CN2CCOC[C@@H](Cc3ccc4[nH]ccc4c3)C2)n1. The van der Waals surface area contributed by atoms with E-state index in [1.807, 2.05) is 24.1 Å². The van der Waals surface area contributed by atoms with Gasteiger partial charge in [0.2, 0.25) is 0 Å². The Bertz CT molecular complexity index is 806. The molecule has 24 heavy (non-hydrogen) atoms. The first kappa shape index (κ1) is 15.4. The van der Waals surface area contributed by atoms with Gasteiger partial charge in [-0.2, -0.15) is 5.10 Å². The highest BCUT2D eigenvalue weighted by Gasteiger charge is 2.20. The van der Waals surface area contributed by atoms with Gasteiger partial charge in [-0.25, -0.2) is 0 Å². The van der Waals surface area contributed by atoms with Crippen molar-refractivity contribution in [2.24, 2.45) is 13.0 Å². The van der Waals surface area contributed by atoms with Crippen LogP contribution in [0, 0.1) is 5.92 Å². The second-order valence-electron chi connectivity index (χ2n) is 6.76. The van der Waals surface area contributed by atoms with Crippen LogP contribution in [0.1, 0.15) is 11.3 Å². The lowest BCUT2D eigenvalue weighted by molar-refractivity contribution is 0.121. The summed E-state index contributed by atoms with van der Waals surface area (Å²) in [5, 5.41) is 5.79. The maximum absolute atomic E-state index is 5.85. The second-order valence-corrected chi connectivity index (χ2v) is 6.76. The summed E-state index contributed by atoms with van der Waals surface area (Å²) in [6.07, 6.45) is 5.06. The maximum Gasteiger partial charge on any atom is 0.0764 e. The van der Waals surface area contributed by atoms with Crippen molar-refractivity contribution in [3.63, 3.8) is 0 Å². The Morgan fingerprint density at radius 2 is 2.25 bits per heavy atom. The molecule has 0 amide bonds. The molecule has 0 unspecified atom stereocenters. The molecule has 0 spiro atoms. The van der Waals surface area contributed by atoms with Gasteiger partial charge in [0.05, 0.1) is 18.9 Å². The van der Waals surface area contributed by atoms with Crippen LogP contribution >= 0.6 is 0 Å². The van der Waals surface area contributed by atoms with E-state index in [2.05, 4.69) is 45.3 Å². The van der Waals surface area contributed by atoms with Gasteiger partial charge in [0.1, 0.15) is 0 Å². The monoisotopic (exact) mass is 324 g/mol. The Morgan fingerprint density at radius 3 is 3.12 bits per heavy atom. The van der Waals surface area contributed by atoms with E-state index in [1.165, 1.54) is 16.5 Å².